The highest BCUT2D eigenvalue weighted by Crippen LogP contribution is 2.59. The number of rotatable bonds is 10. The molecule has 0 spiro atoms. The molecular weight excluding hydrogens is 639 g/mol. The zero-order valence-corrected chi connectivity index (χ0v) is 36.5. The minimum atomic E-state index is -2.01. The summed E-state index contributed by atoms with van der Waals surface area (Å²) in [6.45, 7) is 36.5. The monoisotopic (exact) mass is 714 g/mol. The molecule has 0 radical (unpaired) electrons. The lowest BCUT2D eigenvalue weighted by atomic mass is 9.61. The molecule has 3 aliphatic carbocycles. The highest BCUT2D eigenvalue weighted by Gasteiger charge is 2.51. The summed E-state index contributed by atoms with van der Waals surface area (Å²) in [5, 5.41) is 11.3. The normalized spacial score (nSPS) is 30.6. The summed E-state index contributed by atoms with van der Waals surface area (Å²) < 4.78 is 14.2. The van der Waals surface area contributed by atoms with Crippen molar-refractivity contribution < 1.29 is 18.8 Å². The molecule has 49 heavy (non-hydrogen) atoms. The van der Waals surface area contributed by atoms with Crippen LogP contribution in [0.3, 0.4) is 0 Å². The van der Waals surface area contributed by atoms with Crippen LogP contribution in [0.1, 0.15) is 114 Å². The minimum Gasteiger partial charge on any atom is -0.413 e. The van der Waals surface area contributed by atoms with Gasteiger partial charge in [-0.3, -0.25) is 4.79 Å². The van der Waals surface area contributed by atoms with Crippen LogP contribution in [0.15, 0.2) is 47.6 Å². The summed E-state index contributed by atoms with van der Waals surface area (Å²) in [6.07, 6.45) is 16.0. The summed E-state index contributed by atoms with van der Waals surface area (Å²) in [6, 6.07) is 0. The number of carbonyl (C=O) groups excluding carboxylic acids is 1. The lowest BCUT2D eigenvalue weighted by molar-refractivity contribution is -0.142. The van der Waals surface area contributed by atoms with Crippen molar-refractivity contribution in [1.82, 2.24) is 4.90 Å². The Balaban J connectivity index is 1.88. The third-order valence-electron chi connectivity index (χ3n) is 13.7. The fourth-order valence-electron chi connectivity index (χ4n) is 8.27. The molecule has 7 atom stereocenters. The van der Waals surface area contributed by atoms with Gasteiger partial charge in [0, 0.05) is 20.5 Å². The van der Waals surface area contributed by atoms with Gasteiger partial charge in [0.1, 0.15) is 0 Å². The van der Waals surface area contributed by atoms with Crippen molar-refractivity contribution in [3.05, 3.63) is 47.6 Å². The Hall–Kier alpha value is -1.26. The van der Waals surface area contributed by atoms with Crippen LogP contribution in [0, 0.1) is 28.6 Å². The quantitative estimate of drug-likeness (QED) is 0.181. The van der Waals surface area contributed by atoms with Crippen LogP contribution in [0.4, 0.5) is 0 Å². The number of hydrogen-bond donors (Lipinski definition) is 1. The average molecular weight is 714 g/mol. The summed E-state index contributed by atoms with van der Waals surface area (Å²) in [4.78, 5) is 14.3. The van der Waals surface area contributed by atoms with Crippen molar-refractivity contribution in [2.45, 2.75) is 169 Å². The van der Waals surface area contributed by atoms with E-state index in [1.54, 1.807) is 24.6 Å². The Kier molecular flexibility index (Phi) is 12.9. The van der Waals surface area contributed by atoms with Crippen molar-refractivity contribution >= 4 is 22.5 Å². The summed E-state index contributed by atoms with van der Waals surface area (Å²) in [7, 11) is -0.476. The van der Waals surface area contributed by atoms with Gasteiger partial charge in [-0.2, -0.15) is 0 Å². The third kappa shape index (κ3) is 9.22. The number of allylic oxidation sites excluding steroid dienone is 4. The molecule has 0 heterocycles. The highest BCUT2D eigenvalue weighted by molar-refractivity contribution is 6.74. The lowest BCUT2D eigenvalue weighted by Gasteiger charge is -2.45. The van der Waals surface area contributed by atoms with Gasteiger partial charge in [0.15, 0.2) is 16.6 Å². The maximum Gasteiger partial charge on any atom is 0.230 e. The van der Waals surface area contributed by atoms with Gasteiger partial charge in [0.05, 0.1) is 23.7 Å². The zero-order valence-electron chi connectivity index (χ0n) is 34.5. The van der Waals surface area contributed by atoms with Gasteiger partial charge in [-0.25, -0.2) is 0 Å². The first-order valence-corrected chi connectivity index (χ1v) is 25.0. The Labute approximate surface area is 304 Å². The smallest absolute Gasteiger partial charge is 0.230 e. The molecule has 3 aliphatic rings. The number of fused-ring (bicyclic) bond motifs is 1. The first-order chi connectivity index (χ1) is 22.2. The molecule has 3 fully saturated rings. The highest BCUT2D eigenvalue weighted by atomic mass is 28.4. The summed E-state index contributed by atoms with van der Waals surface area (Å²) in [5.41, 5.74) is 3.39. The van der Waals surface area contributed by atoms with Crippen LogP contribution in [0.2, 0.25) is 36.3 Å². The maximum atomic E-state index is 12.7. The standard InChI is InChI=1S/C42H75NO4Si2/c1-29(20-25-37(44)41(9,10)38(45)43(12)13)34-23-24-35-31(19-18-26-42(34,35)11)21-22-32-27-33(46-48(14,15)39(3,4)5)28-36(30(32)2)47-49(16,17)40(6,7)8/h20-22,25,29,33-37,44H,2,18-19,23-24,26-28H2,1,3-17H3/t29-,33-,34-,35+,36+,37-,42-/m1/s1. The van der Waals surface area contributed by atoms with Crippen LogP contribution in [-0.4, -0.2) is 65.0 Å². The molecule has 280 valence electrons. The van der Waals surface area contributed by atoms with Crippen molar-refractivity contribution in [3.8, 4) is 0 Å². The molecule has 3 saturated carbocycles. The molecule has 0 saturated heterocycles. The Bertz CT molecular complexity index is 1290. The molecule has 0 unspecified atom stereocenters. The Morgan fingerprint density at radius 2 is 1.53 bits per heavy atom. The molecule has 0 aromatic rings. The number of aliphatic hydroxyl groups excluding tert-OH is 1. The van der Waals surface area contributed by atoms with E-state index >= 15 is 0 Å². The third-order valence-corrected chi connectivity index (χ3v) is 22.7. The number of nitrogens with zero attached hydrogens (tertiary/aromatic N) is 1. The number of aliphatic hydroxyl groups is 1. The molecule has 1 N–H and O–H groups in total. The second-order valence-corrected chi connectivity index (χ2v) is 29.5. The topological polar surface area (TPSA) is 59.0 Å². The second kappa shape index (κ2) is 15.0. The van der Waals surface area contributed by atoms with E-state index in [-0.39, 0.29) is 33.6 Å². The van der Waals surface area contributed by atoms with Crippen molar-refractivity contribution in [2.75, 3.05) is 14.1 Å². The first-order valence-electron chi connectivity index (χ1n) is 19.2. The van der Waals surface area contributed by atoms with E-state index in [2.05, 4.69) is 106 Å². The maximum absolute atomic E-state index is 12.7. The van der Waals surface area contributed by atoms with E-state index in [1.807, 2.05) is 19.9 Å². The van der Waals surface area contributed by atoms with Gasteiger partial charge >= 0.3 is 0 Å². The summed E-state index contributed by atoms with van der Waals surface area (Å²) >= 11 is 0. The Morgan fingerprint density at radius 3 is 2.08 bits per heavy atom. The van der Waals surface area contributed by atoms with E-state index < -0.39 is 28.2 Å². The van der Waals surface area contributed by atoms with Crippen LogP contribution in [-0.2, 0) is 13.6 Å². The fraction of sp³-hybridized carbons (Fsp3) is 0.786. The molecule has 3 rings (SSSR count). The van der Waals surface area contributed by atoms with Crippen LogP contribution < -0.4 is 0 Å². The predicted octanol–water partition coefficient (Wildman–Crippen LogP) is 10.9. The molecule has 5 nitrogen and oxygen atoms in total. The number of hydrogen-bond acceptors (Lipinski definition) is 4. The van der Waals surface area contributed by atoms with Crippen molar-refractivity contribution in [1.29, 1.82) is 0 Å². The van der Waals surface area contributed by atoms with Gasteiger partial charge in [-0.15, -0.1) is 0 Å². The molecule has 0 aliphatic heterocycles. The van der Waals surface area contributed by atoms with E-state index in [0.717, 1.165) is 24.8 Å². The Morgan fingerprint density at radius 1 is 0.959 bits per heavy atom. The second-order valence-electron chi connectivity index (χ2n) is 20.0. The van der Waals surface area contributed by atoms with Crippen LogP contribution in [0.25, 0.3) is 0 Å². The summed E-state index contributed by atoms with van der Waals surface area (Å²) in [5.74, 6) is 1.37. The molecule has 0 bridgehead atoms. The van der Waals surface area contributed by atoms with Gasteiger partial charge in [-0.1, -0.05) is 91.8 Å². The van der Waals surface area contributed by atoms with E-state index in [0.29, 0.717) is 17.8 Å². The zero-order chi connectivity index (χ0) is 37.5. The fourth-order valence-corrected chi connectivity index (χ4v) is 10.9. The van der Waals surface area contributed by atoms with Crippen LogP contribution >= 0.6 is 0 Å². The van der Waals surface area contributed by atoms with E-state index in [4.69, 9.17) is 8.85 Å². The van der Waals surface area contributed by atoms with Gasteiger partial charge < -0.3 is 18.9 Å². The SMILES string of the molecule is C=C1C(=CC=C2CCC[C@]3(C)[C@@H]([C@H](C)C=C[C@@H](O)C(C)(C)C(=O)N(C)C)CC[C@@H]23)C[C@@H](O[Si](C)(C)C(C)(C)C)C[C@@H]1O[Si](C)(C)C(C)(C)C. The van der Waals surface area contributed by atoms with Crippen molar-refractivity contribution in [2.24, 2.45) is 28.6 Å². The number of carbonyl (C=O) groups is 1. The molecule has 1 amide bonds. The van der Waals surface area contributed by atoms with Gasteiger partial charge in [0.2, 0.25) is 5.91 Å². The molecule has 7 heteroatoms. The average Bonchev–Trinajstić information content (AvgIpc) is 3.32. The minimum absolute atomic E-state index is 0.0115. The van der Waals surface area contributed by atoms with Crippen molar-refractivity contribution in [3.63, 3.8) is 0 Å². The molecular formula is C42H75NO4Si2. The van der Waals surface area contributed by atoms with Gasteiger partial charge in [-0.05, 0) is 123 Å². The van der Waals surface area contributed by atoms with E-state index in [1.165, 1.54) is 31.3 Å². The molecule has 0 aromatic heterocycles. The molecule has 0 aromatic carbocycles. The largest absolute Gasteiger partial charge is 0.413 e. The van der Waals surface area contributed by atoms with E-state index in [9.17, 15) is 9.90 Å². The van der Waals surface area contributed by atoms with Gasteiger partial charge in [0.25, 0.3) is 0 Å². The number of amides is 1. The van der Waals surface area contributed by atoms with Crippen LogP contribution in [0.5, 0.6) is 0 Å². The first kappa shape index (κ1) is 42.2. The predicted molar refractivity (Wildman–Crippen MR) is 214 cm³/mol. The lowest BCUT2D eigenvalue weighted by Crippen LogP contribution is -2.49.